The Morgan fingerprint density at radius 1 is 0.947 bits per heavy atom. The second-order valence-corrected chi connectivity index (χ2v) is 10.2. The minimum atomic E-state index is -1.47. The monoisotopic (exact) mass is 278 g/mol. The average molecular weight is 278 g/mol. The van der Waals surface area contributed by atoms with Crippen molar-refractivity contribution in [1.82, 2.24) is 0 Å². The van der Waals surface area contributed by atoms with Gasteiger partial charge in [0.2, 0.25) is 0 Å². The lowest BCUT2D eigenvalue weighted by molar-refractivity contribution is 0.426. The Hall–Kier alpha value is -0.578. The van der Waals surface area contributed by atoms with Gasteiger partial charge < -0.3 is 10.0 Å². The molecule has 0 spiro atoms. The van der Waals surface area contributed by atoms with Gasteiger partial charge in [0.15, 0.2) is 0 Å². The molecule has 0 bridgehead atoms. The lowest BCUT2D eigenvalue weighted by Gasteiger charge is -2.32. The van der Waals surface area contributed by atoms with Gasteiger partial charge in [0.1, 0.15) is 0 Å². The highest BCUT2D eigenvalue weighted by atomic mass is 28.3. The lowest BCUT2D eigenvalue weighted by atomic mass is 9.80. The maximum Gasteiger partial charge on any atom is 0.488 e. The predicted molar refractivity (Wildman–Crippen MR) is 86.9 cm³/mol. The van der Waals surface area contributed by atoms with E-state index < -0.39 is 15.2 Å². The number of hydrogen-bond donors (Lipinski definition) is 2. The molecule has 2 nitrogen and oxygen atoms in total. The van der Waals surface area contributed by atoms with E-state index in [0.29, 0.717) is 5.46 Å². The van der Waals surface area contributed by atoms with E-state index in [1.807, 2.05) is 12.1 Å². The van der Waals surface area contributed by atoms with Gasteiger partial charge in [0, 0.05) is 0 Å². The minimum absolute atomic E-state index is 0.637. The molecule has 0 fully saturated rings. The van der Waals surface area contributed by atoms with E-state index in [1.165, 1.54) is 42.6 Å². The van der Waals surface area contributed by atoms with E-state index in [2.05, 4.69) is 26.8 Å². The van der Waals surface area contributed by atoms with Gasteiger partial charge in [-0.1, -0.05) is 87.6 Å². The Kier molecular flexibility index (Phi) is 6.83. The van der Waals surface area contributed by atoms with Crippen molar-refractivity contribution in [3.05, 3.63) is 24.3 Å². The zero-order valence-electron chi connectivity index (χ0n) is 12.5. The molecule has 0 aliphatic heterocycles. The van der Waals surface area contributed by atoms with Crippen molar-refractivity contribution in [3.8, 4) is 0 Å². The topological polar surface area (TPSA) is 40.5 Å². The summed E-state index contributed by atoms with van der Waals surface area (Å²) in [6.07, 6.45) is 3.66. The third kappa shape index (κ3) is 4.20. The minimum Gasteiger partial charge on any atom is -0.423 e. The zero-order valence-corrected chi connectivity index (χ0v) is 13.5. The van der Waals surface area contributed by atoms with Crippen LogP contribution in [0.4, 0.5) is 0 Å². The molecule has 106 valence electrons. The van der Waals surface area contributed by atoms with E-state index >= 15 is 0 Å². The van der Waals surface area contributed by atoms with E-state index in [-0.39, 0.29) is 0 Å². The molecule has 0 aromatic heterocycles. The first-order valence-corrected chi connectivity index (χ1v) is 10.2. The van der Waals surface area contributed by atoms with Crippen LogP contribution in [0.1, 0.15) is 40.0 Å². The van der Waals surface area contributed by atoms with Crippen LogP contribution < -0.4 is 10.6 Å². The summed E-state index contributed by atoms with van der Waals surface area (Å²) in [5.41, 5.74) is 0.637. The third-order valence-electron chi connectivity index (χ3n) is 3.98. The Morgan fingerprint density at radius 2 is 1.47 bits per heavy atom. The Labute approximate surface area is 119 Å². The van der Waals surface area contributed by atoms with Crippen LogP contribution >= 0.6 is 0 Å². The first-order chi connectivity index (χ1) is 9.09. The van der Waals surface area contributed by atoms with Gasteiger partial charge in [0.25, 0.3) is 0 Å². The summed E-state index contributed by atoms with van der Waals surface area (Å²) in [5, 5.41) is 20.2. The fraction of sp³-hybridized carbons (Fsp3) is 0.600. The average Bonchev–Trinajstić information content (AvgIpc) is 2.39. The van der Waals surface area contributed by atoms with Crippen LogP contribution in [-0.4, -0.2) is 25.2 Å². The molecule has 0 unspecified atom stereocenters. The summed E-state index contributed by atoms with van der Waals surface area (Å²) in [6.45, 7) is 6.79. The highest BCUT2D eigenvalue weighted by Gasteiger charge is 2.32. The SMILES string of the molecule is CCC[Si](CCC)(CCC)c1cccc(B(O)O)c1. The summed E-state index contributed by atoms with van der Waals surface area (Å²) >= 11 is 0. The molecule has 0 amide bonds. The molecule has 0 saturated heterocycles. The van der Waals surface area contributed by atoms with Gasteiger partial charge in [-0.25, -0.2) is 0 Å². The Bertz CT molecular complexity index is 365. The van der Waals surface area contributed by atoms with Crippen molar-refractivity contribution in [1.29, 1.82) is 0 Å². The van der Waals surface area contributed by atoms with Crippen molar-refractivity contribution in [2.45, 2.75) is 58.2 Å². The van der Waals surface area contributed by atoms with E-state index in [0.717, 1.165) is 0 Å². The van der Waals surface area contributed by atoms with Crippen molar-refractivity contribution >= 4 is 25.8 Å². The third-order valence-corrected chi connectivity index (χ3v) is 9.89. The van der Waals surface area contributed by atoms with Gasteiger partial charge in [-0.2, -0.15) is 0 Å². The first kappa shape index (κ1) is 16.5. The van der Waals surface area contributed by atoms with Crippen LogP contribution in [0.3, 0.4) is 0 Å². The molecule has 4 heteroatoms. The molecule has 0 radical (unpaired) electrons. The molecule has 1 aromatic carbocycles. The number of benzene rings is 1. The maximum atomic E-state index is 9.37. The second kappa shape index (κ2) is 7.88. The fourth-order valence-electron chi connectivity index (χ4n) is 3.27. The predicted octanol–water partition coefficient (Wildman–Crippen LogP) is 2.25. The molecule has 0 heterocycles. The Balaban J connectivity index is 3.17. The van der Waals surface area contributed by atoms with Crippen LogP contribution in [0.5, 0.6) is 0 Å². The van der Waals surface area contributed by atoms with Gasteiger partial charge in [-0.3, -0.25) is 0 Å². The highest BCUT2D eigenvalue weighted by molar-refractivity contribution is 6.92. The van der Waals surface area contributed by atoms with Gasteiger partial charge in [-0.15, -0.1) is 0 Å². The van der Waals surface area contributed by atoms with Crippen LogP contribution in [0.25, 0.3) is 0 Å². The molecule has 0 aliphatic carbocycles. The molecule has 0 aliphatic rings. The van der Waals surface area contributed by atoms with Crippen LogP contribution in [-0.2, 0) is 0 Å². The van der Waals surface area contributed by atoms with Crippen molar-refractivity contribution in [3.63, 3.8) is 0 Å². The van der Waals surface area contributed by atoms with Crippen molar-refractivity contribution in [2.75, 3.05) is 0 Å². The standard InChI is InChI=1S/C15H27BO2Si/c1-4-10-19(11-5-2,12-6-3)15-9-7-8-14(13-15)16(17)18/h7-9,13,17-18H,4-6,10-12H2,1-3H3. The first-order valence-electron chi connectivity index (χ1n) is 7.56. The van der Waals surface area contributed by atoms with Gasteiger partial charge >= 0.3 is 7.12 Å². The molecule has 1 aromatic rings. The normalized spacial score (nSPS) is 11.6. The zero-order chi connectivity index (χ0) is 14.3. The molecule has 0 saturated carbocycles. The van der Waals surface area contributed by atoms with Crippen molar-refractivity contribution < 1.29 is 10.0 Å². The summed E-state index contributed by atoms with van der Waals surface area (Å²) in [5.74, 6) is 0. The van der Waals surface area contributed by atoms with Gasteiger partial charge in [0.05, 0.1) is 8.07 Å². The van der Waals surface area contributed by atoms with Crippen molar-refractivity contribution in [2.24, 2.45) is 0 Å². The number of rotatable bonds is 8. The Morgan fingerprint density at radius 3 is 1.89 bits per heavy atom. The molecular weight excluding hydrogens is 251 g/mol. The van der Waals surface area contributed by atoms with E-state index in [1.54, 1.807) is 6.07 Å². The van der Waals surface area contributed by atoms with E-state index in [9.17, 15) is 10.0 Å². The van der Waals surface area contributed by atoms with Crippen LogP contribution in [0.15, 0.2) is 24.3 Å². The number of hydrogen-bond acceptors (Lipinski definition) is 2. The highest BCUT2D eigenvalue weighted by Crippen LogP contribution is 2.25. The van der Waals surface area contributed by atoms with Crippen LogP contribution in [0.2, 0.25) is 18.1 Å². The quantitative estimate of drug-likeness (QED) is 0.716. The summed E-state index contributed by atoms with van der Waals surface area (Å²) in [6, 6.07) is 11.9. The second-order valence-electron chi connectivity index (χ2n) is 5.53. The lowest BCUT2D eigenvalue weighted by Crippen LogP contribution is -2.49. The van der Waals surface area contributed by atoms with E-state index in [4.69, 9.17) is 0 Å². The molecule has 1 rings (SSSR count). The summed E-state index contributed by atoms with van der Waals surface area (Å²) in [4.78, 5) is 0. The smallest absolute Gasteiger partial charge is 0.423 e. The van der Waals surface area contributed by atoms with Crippen LogP contribution in [0, 0.1) is 0 Å². The molecular formula is C15H27BO2Si. The van der Waals surface area contributed by atoms with Gasteiger partial charge in [-0.05, 0) is 5.46 Å². The summed E-state index contributed by atoms with van der Waals surface area (Å²) < 4.78 is 0. The molecule has 2 N–H and O–H groups in total. The largest absolute Gasteiger partial charge is 0.488 e. The summed E-state index contributed by atoms with van der Waals surface area (Å²) in [7, 11) is -2.82. The fourth-order valence-corrected chi connectivity index (χ4v) is 8.68. The molecule has 0 atom stereocenters. The maximum absolute atomic E-state index is 9.37. The molecule has 19 heavy (non-hydrogen) atoms.